The van der Waals surface area contributed by atoms with Gasteiger partial charge in [-0.25, -0.2) is 0 Å². The molecule has 1 heterocycles. The van der Waals surface area contributed by atoms with Gasteiger partial charge >= 0.3 is 0 Å². The zero-order chi connectivity index (χ0) is 13.5. The number of hydrogen-bond donors (Lipinski definition) is 1. The molecule has 1 aliphatic rings. The molecule has 1 N–H and O–H groups in total. The molecule has 3 heteroatoms. The topological polar surface area (TPSA) is 24.5 Å². The molecule has 106 valence electrons. The van der Waals surface area contributed by atoms with Crippen LogP contribution in [0.25, 0.3) is 0 Å². The largest absolute Gasteiger partial charge is 0.374 e. The molecule has 1 atom stereocenters. The third-order valence-corrected chi connectivity index (χ3v) is 3.86. The summed E-state index contributed by atoms with van der Waals surface area (Å²) in [7, 11) is 0. The SMILES string of the molecule is CCc1ccccc1CNCC1CN(CC)CCO1. The fraction of sp³-hybridized carbons (Fsp3) is 0.625. The maximum Gasteiger partial charge on any atom is 0.0826 e. The summed E-state index contributed by atoms with van der Waals surface area (Å²) >= 11 is 0. The molecule has 0 aliphatic carbocycles. The molecule has 1 saturated heterocycles. The molecule has 0 saturated carbocycles. The summed E-state index contributed by atoms with van der Waals surface area (Å²) in [5, 5.41) is 3.54. The summed E-state index contributed by atoms with van der Waals surface area (Å²) in [6.45, 7) is 10.4. The molecule has 1 aromatic rings. The van der Waals surface area contributed by atoms with Crippen molar-refractivity contribution in [2.24, 2.45) is 0 Å². The number of rotatable bonds is 6. The Labute approximate surface area is 116 Å². The molecule has 1 fully saturated rings. The van der Waals surface area contributed by atoms with Crippen molar-refractivity contribution in [1.29, 1.82) is 0 Å². The van der Waals surface area contributed by atoms with E-state index < -0.39 is 0 Å². The molecule has 0 bridgehead atoms. The van der Waals surface area contributed by atoms with Crippen LogP contribution in [0.1, 0.15) is 25.0 Å². The molecule has 0 aromatic heterocycles. The summed E-state index contributed by atoms with van der Waals surface area (Å²) in [6.07, 6.45) is 1.43. The third-order valence-electron chi connectivity index (χ3n) is 3.86. The van der Waals surface area contributed by atoms with Crippen LogP contribution in [-0.2, 0) is 17.7 Å². The molecule has 0 amide bonds. The molecule has 1 aromatic carbocycles. The van der Waals surface area contributed by atoms with Crippen molar-refractivity contribution in [3.63, 3.8) is 0 Å². The zero-order valence-corrected chi connectivity index (χ0v) is 12.2. The summed E-state index contributed by atoms with van der Waals surface area (Å²) in [6, 6.07) is 8.66. The van der Waals surface area contributed by atoms with Crippen molar-refractivity contribution in [3.8, 4) is 0 Å². The van der Waals surface area contributed by atoms with Gasteiger partial charge in [-0.15, -0.1) is 0 Å². The average Bonchev–Trinajstić information content (AvgIpc) is 2.48. The Hall–Kier alpha value is -0.900. The van der Waals surface area contributed by atoms with Crippen LogP contribution < -0.4 is 5.32 Å². The highest BCUT2D eigenvalue weighted by atomic mass is 16.5. The third kappa shape index (κ3) is 4.30. The Morgan fingerprint density at radius 1 is 1.26 bits per heavy atom. The van der Waals surface area contributed by atoms with Gasteiger partial charge in [0.1, 0.15) is 0 Å². The molecule has 2 rings (SSSR count). The quantitative estimate of drug-likeness (QED) is 0.849. The van der Waals surface area contributed by atoms with Crippen LogP contribution in [0.15, 0.2) is 24.3 Å². The average molecular weight is 262 g/mol. The molecular weight excluding hydrogens is 236 g/mol. The van der Waals surface area contributed by atoms with E-state index in [1.807, 2.05) is 0 Å². The molecule has 19 heavy (non-hydrogen) atoms. The highest BCUT2D eigenvalue weighted by Crippen LogP contribution is 2.09. The Morgan fingerprint density at radius 2 is 2.05 bits per heavy atom. The Morgan fingerprint density at radius 3 is 2.79 bits per heavy atom. The Kier molecular flexibility index (Phi) is 5.83. The fourth-order valence-electron chi connectivity index (χ4n) is 2.63. The first kappa shape index (κ1) is 14.5. The van der Waals surface area contributed by atoms with Crippen LogP contribution in [0, 0.1) is 0 Å². The predicted molar refractivity (Wildman–Crippen MR) is 79.4 cm³/mol. The lowest BCUT2D eigenvalue weighted by Gasteiger charge is -2.32. The molecule has 1 aliphatic heterocycles. The highest BCUT2D eigenvalue weighted by molar-refractivity contribution is 5.26. The van der Waals surface area contributed by atoms with Gasteiger partial charge in [0.05, 0.1) is 12.7 Å². The van der Waals surface area contributed by atoms with Crippen molar-refractivity contribution < 1.29 is 4.74 Å². The van der Waals surface area contributed by atoms with Crippen molar-refractivity contribution in [2.75, 3.05) is 32.8 Å². The van der Waals surface area contributed by atoms with Gasteiger partial charge in [0, 0.05) is 26.2 Å². The van der Waals surface area contributed by atoms with E-state index in [0.717, 1.165) is 45.8 Å². The summed E-state index contributed by atoms with van der Waals surface area (Å²) in [4.78, 5) is 2.45. The second kappa shape index (κ2) is 7.63. The van der Waals surface area contributed by atoms with Crippen LogP contribution in [0.5, 0.6) is 0 Å². The van der Waals surface area contributed by atoms with Gasteiger partial charge in [0.15, 0.2) is 0 Å². The summed E-state index contributed by atoms with van der Waals surface area (Å²) in [5.74, 6) is 0. The maximum atomic E-state index is 5.80. The number of aryl methyl sites for hydroxylation is 1. The number of morpholine rings is 1. The normalized spacial score (nSPS) is 20.6. The van der Waals surface area contributed by atoms with Gasteiger partial charge in [0.2, 0.25) is 0 Å². The zero-order valence-electron chi connectivity index (χ0n) is 12.2. The lowest BCUT2D eigenvalue weighted by atomic mass is 10.1. The fourth-order valence-corrected chi connectivity index (χ4v) is 2.63. The van der Waals surface area contributed by atoms with E-state index >= 15 is 0 Å². The standard InChI is InChI=1S/C16H26N2O/c1-3-14-7-5-6-8-15(14)11-17-12-16-13-18(4-2)9-10-19-16/h5-8,16-17H,3-4,9-13H2,1-2H3. The lowest BCUT2D eigenvalue weighted by Crippen LogP contribution is -2.46. The lowest BCUT2D eigenvalue weighted by molar-refractivity contribution is -0.0253. The van der Waals surface area contributed by atoms with Gasteiger partial charge in [-0.3, -0.25) is 4.90 Å². The molecule has 3 nitrogen and oxygen atoms in total. The van der Waals surface area contributed by atoms with Crippen LogP contribution in [-0.4, -0.2) is 43.8 Å². The summed E-state index contributed by atoms with van der Waals surface area (Å²) in [5.41, 5.74) is 2.85. The van der Waals surface area contributed by atoms with Gasteiger partial charge in [0.25, 0.3) is 0 Å². The van der Waals surface area contributed by atoms with Crippen molar-refractivity contribution in [3.05, 3.63) is 35.4 Å². The van der Waals surface area contributed by atoms with Crippen LogP contribution in [0.3, 0.4) is 0 Å². The van der Waals surface area contributed by atoms with Crippen molar-refractivity contribution in [2.45, 2.75) is 32.9 Å². The van der Waals surface area contributed by atoms with E-state index in [1.54, 1.807) is 0 Å². The van der Waals surface area contributed by atoms with Crippen molar-refractivity contribution in [1.82, 2.24) is 10.2 Å². The van der Waals surface area contributed by atoms with Crippen LogP contribution in [0.4, 0.5) is 0 Å². The highest BCUT2D eigenvalue weighted by Gasteiger charge is 2.18. The Balaban J connectivity index is 1.77. The predicted octanol–water partition coefficient (Wildman–Crippen LogP) is 2.06. The number of hydrogen-bond acceptors (Lipinski definition) is 3. The molecule has 1 unspecified atom stereocenters. The van der Waals surface area contributed by atoms with E-state index in [4.69, 9.17) is 4.74 Å². The first-order chi connectivity index (χ1) is 9.33. The van der Waals surface area contributed by atoms with E-state index in [2.05, 4.69) is 48.3 Å². The summed E-state index contributed by atoms with van der Waals surface area (Å²) < 4.78 is 5.80. The van der Waals surface area contributed by atoms with E-state index in [9.17, 15) is 0 Å². The van der Waals surface area contributed by atoms with Gasteiger partial charge in [-0.05, 0) is 24.1 Å². The van der Waals surface area contributed by atoms with E-state index in [0.29, 0.717) is 6.10 Å². The number of benzene rings is 1. The minimum Gasteiger partial charge on any atom is -0.374 e. The van der Waals surface area contributed by atoms with Crippen LogP contribution in [0.2, 0.25) is 0 Å². The first-order valence-electron chi connectivity index (χ1n) is 7.45. The monoisotopic (exact) mass is 262 g/mol. The number of ether oxygens (including phenoxy) is 1. The smallest absolute Gasteiger partial charge is 0.0826 e. The minimum absolute atomic E-state index is 0.336. The maximum absolute atomic E-state index is 5.80. The van der Waals surface area contributed by atoms with Gasteiger partial charge < -0.3 is 10.1 Å². The van der Waals surface area contributed by atoms with Crippen LogP contribution >= 0.6 is 0 Å². The van der Waals surface area contributed by atoms with E-state index in [-0.39, 0.29) is 0 Å². The van der Waals surface area contributed by atoms with Gasteiger partial charge in [-0.1, -0.05) is 38.1 Å². The second-order valence-corrected chi connectivity index (χ2v) is 5.14. The molecule has 0 radical (unpaired) electrons. The minimum atomic E-state index is 0.336. The van der Waals surface area contributed by atoms with Crippen molar-refractivity contribution >= 4 is 0 Å². The molecule has 0 spiro atoms. The number of nitrogens with zero attached hydrogens (tertiary/aromatic N) is 1. The van der Waals surface area contributed by atoms with Gasteiger partial charge in [-0.2, -0.15) is 0 Å². The Bertz CT molecular complexity index is 381. The molecular formula is C16H26N2O. The van der Waals surface area contributed by atoms with E-state index in [1.165, 1.54) is 11.1 Å². The second-order valence-electron chi connectivity index (χ2n) is 5.14. The number of likely N-dealkylation sites (N-methyl/N-ethyl adjacent to an activating group) is 1. The number of nitrogens with one attached hydrogen (secondary N) is 1. The first-order valence-corrected chi connectivity index (χ1v) is 7.45.